The molecule has 1 fully saturated rings. The van der Waals surface area contributed by atoms with Crippen molar-refractivity contribution < 1.29 is 9.53 Å². The molecule has 3 heterocycles. The summed E-state index contributed by atoms with van der Waals surface area (Å²) >= 11 is 3.48. The van der Waals surface area contributed by atoms with Crippen LogP contribution >= 0.6 is 15.9 Å². The van der Waals surface area contributed by atoms with Crippen LogP contribution in [0.3, 0.4) is 0 Å². The minimum absolute atomic E-state index is 0.0982. The number of imidazole rings is 1. The maximum Gasteiger partial charge on any atom is 0.410 e. The van der Waals surface area contributed by atoms with Crippen LogP contribution in [-0.2, 0) is 11.3 Å². The van der Waals surface area contributed by atoms with E-state index in [4.69, 9.17) is 10.5 Å². The molecule has 1 amide bonds. The predicted octanol–water partition coefficient (Wildman–Crippen LogP) is 3.98. The summed E-state index contributed by atoms with van der Waals surface area (Å²) in [6, 6.07) is 9.83. The van der Waals surface area contributed by atoms with Gasteiger partial charge in [-0.1, -0.05) is 30.3 Å². The van der Waals surface area contributed by atoms with Crippen LogP contribution in [0.1, 0.15) is 37.1 Å². The van der Waals surface area contributed by atoms with Crippen molar-refractivity contribution in [2.75, 3.05) is 12.3 Å². The summed E-state index contributed by atoms with van der Waals surface area (Å²) in [6.45, 7) is 2.89. The van der Waals surface area contributed by atoms with Crippen molar-refractivity contribution in [2.24, 2.45) is 0 Å². The second kappa shape index (κ2) is 7.79. The molecule has 2 N–H and O–H groups in total. The summed E-state index contributed by atoms with van der Waals surface area (Å²) in [5.74, 6) is 1.40. The average Bonchev–Trinajstić information content (AvgIpc) is 3.05. The molecule has 1 aliphatic heterocycles. The number of likely N-dealkylation sites (tertiary alicyclic amines) is 1. The smallest absolute Gasteiger partial charge is 0.410 e. The molecule has 3 aromatic rings. The van der Waals surface area contributed by atoms with E-state index >= 15 is 0 Å². The SMILES string of the molecule is C[C@H]1CC[C@H](c2nc(Br)c3c(N)nccn23)CN1C(=O)OCc1ccccc1. The lowest BCUT2D eigenvalue weighted by Crippen LogP contribution is -2.45. The van der Waals surface area contributed by atoms with Crippen LogP contribution in [0.2, 0.25) is 0 Å². The zero-order chi connectivity index (χ0) is 19.7. The van der Waals surface area contributed by atoms with E-state index in [9.17, 15) is 4.79 Å². The Bertz CT molecular complexity index is 991. The molecule has 7 nitrogen and oxygen atoms in total. The van der Waals surface area contributed by atoms with Gasteiger partial charge in [0.05, 0.1) is 0 Å². The lowest BCUT2D eigenvalue weighted by atomic mass is 9.93. The van der Waals surface area contributed by atoms with Crippen LogP contribution in [0.4, 0.5) is 10.6 Å². The number of carbonyl (C=O) groups excluding carboxylic acids is 1. The van der Waals surface area contributed by atoms with Crippen LogP contribution in [0.15, 0.2) is 47.3 Å². The minimum Gasteiger partial charge on any atom is -0.445 e. The number of aromatic nitrogens is 3. The van der Waals surface area contributed by atoms with E-state index in [1.165, 1.54) is 0 Å². The van der Waals surface area contributed by atoms with Gasteiger partial charge in [-0.3, -0.25) is 4.40 Å². The largest absolute Gasteiger partial charge is 0.445 e. The molecule has 0 saturated carbocycles. The molecule has 8 heteroatoms. The second-order valence-electron chi connectivity index (χ2n) is 7.11. The molecule has 0 unspecified atom stereocenters. The Hall–Kier alpha value is -2.61. The van der Waals surface area contributed by atoms with Crippen LogP contribution in [0, 0.1) is 0 Å². The van der Waals surface area contributed by atoms with Gasteiger partial charge in [-0.05, 0) is 41.3 Å². The minimum atomic E-state index is -0.290. The lowest BCUT2D eigenvalue weighted by Gasteiger charge is -2.36. The van der Waals surface area contributed by atoms with Gasteiger partial charge in [0, 0.05) is 30.9 Å². The van der Waals surface area contributed by atoms with Gasteiger partial charge >= 0.3 is 6.09 Å². The molecule has 0 spiro atoms. The number of nitrogens with two attached hydrogens (primary N) is 1. The number of hydrogen-bond donors (Lipinski definition) is 1. The number of nitrogens with zero attached hydrogens (tertiary/aromatic N) is 4. The third-order valence-electron chi connectivity index (χ3n) is 5.25. The van der Waals surface area contributed by atoms with E-state index in [1.807, 2.05) is 40.9 Å². The fourth-order valence-corrected chi connectivity index (χ4v) is 4.28. The quantitative estimate of drug-likeness (QED) is 0.661. The molecule has 146 valence electrons. The average molecular weight is 444 g/mol. The van der Waals surface area contributed by atoms with Crippen molar-refractivity contribution >= 4 is 33.4 Å². The number of halogens is 1. The number of anilines is 1. The number of ether oxygens (including phenoxy) is 1. The van der Waals surface area contributed by atoms with E-state index in [-0.39, 0.29) is 24.7 Å². The topological polar surface area (TPSA) is 85.8 Å². The first-order chi connectivity index (χ1) is 13.5. The maximum atomic E-state index is 12.7. The van der Waals surface area contributed by atoms with Gasteiger partial charge < -0.3 is 15.4 Å². The highest BCUT2D eigenvalue weighted by molar-refractivity contribution is 9.10. The van der Waals surface area contributed by atoms with Gasteiger partial charge in [-0.2, -0.15) is 0 Å². The Morgan fingerprint density at radius 3 is 2.89 bits per heavy atom. The number of benzene rings is 1. The van der Waals surface area contributed by atoms with E-state index in [0.717, 1.165) is 29.7 Å². The van der Waals surface area contributed by atoms with Gasteiger partial charge in [-0.15, -0.1) is 0 Å². The number of carbonyl (C=O) groups is 1. The highest BCUT2D eigenvalue weighted by atomic mass is 79.9. The van der Waals surface area contributed by atoms with E-state index < -0.39 is 0 Å². The lowest BCUT2D eigenvalue weighted by molar-refractivity contribution is 0.0667. The predicted molar refractivity (Wildman–Crippen MR) is 110 cm³/mol. The summed E-state index contributed by atoms with van der Waals surface area (Å²) < 4.78 is 8.18. The van der Waals surface area contributed by atoms with Gasteiger partial charge in [-0.25, -0.2) is 14.8 Å². The number of amides is 1. The first-order valence-electron chi connectivity index (χ1n) is 9.30. The highest BCUT2D eigenvalue weighted by Crippen LogP contribution is 2.33. The standard InChI is InChI=1S/C20H22BrN5O2/c1-13-7-8-15(19-24-17(21)16-18(22)23-9-10-25(16)19)11-26(13)20(27)28-12-14-5-3-2-4-6-14/h2-6,9-10,13,15H,7-8,11-12H2,1H3,(H2,22,23)/t13-,15-/m0/s1. The molecule has 2 aromatic heterocycles. The summed E-state index contributed by atoms with van der Waals surface area (Å²) in [7, 11) is 0. The molecule has 1 aliphatic rings. The fourth-order valence-electron chi connectivity index (χ4n) is 3.71. The molecule has 4 rings (SSSR count). The first-order valence-corrected chi connectivity index (χ1v) is 10.1. The van der Waals surface area contributed by atoms with Gasteiger partial charge in [0.25, 0.3) is 0 Å². The van der Waals surface area contributed by atoms with Crippen molar-refractivity contribution in [3.05, 3.63) is 58.7 Å². The monoisotopic (exact) mass is 443 g/mol. The van der Waals surface area contributed by atoms with Crippen LogP contribution < -0.4 is 5.73 Å². The van der Waals surface area contributed by atoms with Crippen molar-refractivity contribution in [1.82, 2.24) is 19.3 Å². The summed E-state index contributed by atoms with van der Waals surface area (Å²) in [6.07, 6.45) is 5.06. The highest BCUT2D eigenvalue weighted by Gasteiger charge is 2.33. The Kier molecular flexibility index (Phi) is 5.21. The molecule has 2 atom stereocenters. The molecular formula is C20H22BrN5O2. The zero-order valence-corrected chi connectivity index (χ0v) is 17.2. The van der Waals surface area contributed by atoms with E-state index in [0.29, 0.717) is 17.0 Å². The Labute approximate surface area is 171 Å². The third-order valence-corrected chi connectivity index (χ3v) is 5.81. The summed E-state index contributed by atoms with van der Waals surface area (Å²) in [5, 5.41) is 0. The van der Waals surface area contributed by atoms with E-state index in [2.05, 4.69) is 32.8 Å². The van der Waals surface area contributed by atoms with E-state index in [1.54, 1.807) is 11.1 Å². The Balaban J connectivity index is 1.52. The first kappa shape index (κ1) is 18.7. The second-order valence-corrected chi connectivity index (χ2v) is 7.86. The zero-order valence-electron chi connectivity index (χ0n) is 15.6. The molecule has 1 aromatic carbocycles. The molecule has 0 bridgehead atoms. The molecular weight excluding hydrogens is 422 g/mol. The number of fused-ring (bicyclic) bond motifs is 1. The fraction of sp³-hybridized carbons (Fsp3) is 0.350. The Morgan fingerprint density at radius 1 is 1.32 bits per heavy atom. The van der Waals surface area contributed by atoms with Crippen LogP contribution in [-0.4, -0.2) is 37.9 Å². The Morgan fingerprint density at radius 2 is 2.11 bits per heavy atom. The van der Waals surface area contributed by atoms with Crippen molar-refractivity contribution in [2.45, 2.75) is 38.3 Å². The van der Waals surface area contributed by atoms with Crippen LogP contribution in [0.5, 0.6) is 0 Å². The van der Waals surface area contributed by atoms with Gasteiger partial charge in [0.1, 0.15) is 22.6 Å². The number of nitrogen functional groups attached to an aromatic ring is 1. The van der Waals surface area contributed by atoms with Crippen molar-refractivity contribution in [1.29, 1.82) is 0 Å². The number of hydrogen-bond acceptors (Lipinski definition) is 5. The number of rotatable bonds is 3. The number of piperidine rings is 1. The third kappa shape index (κ3) is 3.56. The normalized spacial score (nSPS) is 19.7. The maximum absolute atomic E-state index is 12.7. The summed E-state index contributed by atoms with van der Waals surface area (Å²) in [5.41, 5.74) is 7.74. The summed E-state index contributed by atoms with van der Waals surface area (Å²) in [4.78, 5) is 23.3. The van der Waals surface area contributed by atoms with Crippen LogP contribution in [0.25, 0.3) is 5.52 Å². The van der Waals surface area contributed by atoms with Crippen molar-refractivity contribution in [3.8, 4) is 0 Å². The van der Waals surface area contributed by atoms with Gasteiger partial charge in [0.15, 0.2) is 5.82 Å². The molecule has 1 saturated heterocycles. The molecule has 0 radical (unpaired) electrons. The van der Waals surface area contributed by atoms with Crippen molar-refractivity contribution in [3.63, 3.8) is 0 Å². The van der Waals surface area contributed by atoms with Gasteiger partial charge in [0.2, 0.25) is 0 Å². The molecule has 28 heavy (non-hydrogen) atoms. The molecule has 0 aliphatic carbocycles.